The number of nitrogens with one attached hydrogen (secondary N) is 2. The Labute approximate surface area is 491 Å². The molecule has 2 atom stereocenters. The van der Waals surface area contributed by atoms with Gasteiger partial charge in [0.05, 0.1) is 33.0 Å². The molecule has 4 amide bonds. The van der Waals surface area contributed by atoms with Gasteiger partial charge in [0, 0.05) is 99.8 Å². The molecule has 3 fully saturated rings. The van der Waals surface area contributed by atoms with E-state index in [2.05, 4.69) is 100 Å². The van der Waals surface area contributed by atoms with E-state index in [9.17, 15) is 19.2 Å². The van der Waals surface area contributed by atoms with Crippen LogP contribution in [0.4, 0.5) is 17.1 Å². The fourth-order valence-corrected chi connectivity index (χ4v) is 12.7. The fraction of sp³-hybridized carbons (Fsp3) is 0.420. The third-order valence-electron chi connectivity index (χ3n) is 17.5. The van der Waals surface area contributed by atoms with Crippen LogP contribution in [0, 0.1) is 13.8 Å². The highest BCUT2D eigenvalue weighted by Gasteiger charge is 2.43. The van der Waals surface area contributed by atoms with E-state index in [0.29, 0.717) is 69.2 Å². The van der Waals surface area contributed by atoms with E-state index in [1.54, 1.807) is 21.3 Å². The molecule has 3 aliphatic rings. The Morgan fingerprint density at radius 1 is 0.639 bits per heavy atom. The third kappa shape index (κ3) is 14.5. The van der Waals surface area contributed by atoms with Gasteiger partial charge in [0.25, 0.3) is 5.91 Å². The van der Waals surface area contributed by atoms with Crippen LogP contribution in [0.1, 0.15) is 116 Å². The first kappa shape index (κ1) is 60.1. The van der Waals surface area contributed by atoms with Crippen LogP contribution in [0.15, 0.2) is 152 Å². The third-order valence-corrected chi connectivity index (χ3v) is 17.5. The maximum Gasteiger partial charge on any atom is 0.254 e. The molecular weight excluding hydrogens is 1040 g/mol. The van der Waals surface area contributed by atoms with E-state index >= 15 is 0 Å². The zero-order valence-corrected chi connectivity index (χ0v) is 49.4. The van der Waals surface area contributed by atoms with Gasteiger partial charge in [-0.3, -0.25) is 24.1 Å². The second-order valence-corrected chi connectivity index (χ2v) is 22.9. The lowest BCUT2D eigenvalue weighted by atomic mass is 9.80. The van der Waals surface area contributed by atoms with Gasteiger partial charge in [-0.15, -0.1) is 0 Å². The van der Waals surface area contributed by atoms with E-state index in [4.69, 9.17) is 18.9 Å². The van der Waals surface area contributed by atoms with E-state index < -0.39 is 5.60 Å². The van der Waals surface area contributed by atoms with Gasteiger partial charge in [-0.2, -0.15) is 0 Å². The second-order valence-electron chi connectivity index (χ2n) is 22.9. The summed E-state index contributed by atoms with van der Waals surface area (Å²) in [5, 5.41) is 5.91. The maximum atomic E-state index is 14.1. The number of ether oxygens (including phenoxy) is 4. The molecule has 2 N–H and O–H groups in total. The number of carbonyl (C=O) groups is 4. The fourth-order valence-electron chi connectivity index (χ4n) is 12.7. The lowest BCUT2D eigenvalue weighted by Gasteiger charge is -2.50. The highest BCUT2D eigenvalue weighted by atomic mass is 16.5. The van der Waals surface area contributed by atoms with Crippen molar-refractivity contribution < 1.29 is 38.1 Å². The summed E-state index contributed by atoms with van der Waals surface area (Å²) in [5.74, 6) is 1.07. The van der Waals surface area contributed by atoms with Gasteiger partial charge in [-0.05, 0) is 154 Å². The lowest BCUT2D eigenvalue weighted by Crippen LogP contribution is -2.57. The number of carbonyl (C=O) groups excluding carboxylic acids is 4. The molecular formula is C69H84N6O8. The first-order chi connectivity index (χ1) is 40.3. The topological polar surface area (TPSA) is 142 Å². The smallest absolute Gasteiger partial charge is 0.254 e. The number of methoxy groups -OCH3 is 3. The summed E-state index contributed by atoms with van der Waals surface area (Å²) < 4.78 is 24.1. The number of aryl methyl sites for hydroxylation is 2. The molecule has 0 bridgehead atoms. The quantitative estimate of drug-likeness (QED) is 0.0444. The van der Waals surface area contributed by atoms with E-state index in [-0.39, 0.29) is 60.8 Å². The molecule has 14 nitrogen and oxygen atoms in total. The molecule has 0 spiro atoms. The molecule has 3 heterocycles. The van der Waals surface area contributed by atoms with Gasteiger partial charge < -0.3 is 44.3 Å². The number of anilines is 3. The van der Waals surface area contributed by atoms with Crippen LogP contribution in [0.25, 0.3) is 0 Å². The normalized spacial score (nSPS) is 17.4. The van der Waals surface area contributed by atoms with Crippen LogP contribution in [0.5, 0.6) is 11.5 Å². The molecule has 438 valence electrons. The molecule has 0 saturated carbocycles. The van der Waals surface area contributed by atoms with Crippen LogP contribution >= 0.6 is 0 Å². The van der Waals surface area contributed by atoms with E-state index in [1.807, 2.05) is 103 Å². The summed E-state index contributed by atoms with van der Waals surface area (Å²) in [7, 11) is 4.98. The molecule has 9 rings (SSSR count). The van der Waals surface area contributed by atoms with Crippen LogP contribution < -0.4 is 25.0 Å². The van der Waals surface area contributed by atoms with Gasteiger partial charge in [0.2, 0.25) is 17.7 Å². The monoisotopic (exact) mass is 1120 g/mol. The van der Waals surface area contributed by atoms with Gasteiger partial charge >= 0.3 is 0 Å². The van der Waals surface area contributed by atoms with E-state index in [1.165, 1.54) is 11.4 Å². The summed E-state index contributed by atoms with van der Waals surface area (Å²) in [6, 6.07) is 51.3. The number of para-hydroxylation sites is 2. The second kappa shape index (κ2) is 28.2. The van der Waals surface area contributed by atoms with Gasteiger partial charge in [0.1, 0.15) is 17.1 Å². The SMILES string of the molecule is COc1ccc(C(OC[C@@H]2C[C@@H](OC)CN2C(=O)CCCCCNC(=O)CCC(=O)Nc2cc(C)c(C(=O)N3CCC(C)(N4CCC(N(c5ccccc5)c5ccccc5)CC4)CC3)c(C)c2)(c2ccccc2)c2ccc(OC)cc2)cc1. The molecule has 6 aromatic rings. The van der Waals surface area contributed by atoms with E-state index in [0.717, 1.165) is 84.5 Å². The Morgan fingerprint density at radius 2 is 1.17 bits per heavy atom. The molecule has 0 aromatic heterocycles. The number of benzene rings is 6. The lowest BCUT2D eigenvalue weighted by molar-refractivity contribution is -0.134. The zero-order valence-electron chi connectivity index (χ0n) is 49.4. The first-order valence-corrected chi connectivity index (χ1v) is 29.7. The molecule has 3 saturated heterocycles. The summed E-state index contributed by atoms with van der Waals surface area (Å²) in [6.07, 6.45) is 7.02. The number of rotatable bonds is 24. The maximum absolute atomic E-state index is 14.1. The minimum atomic E-state index is -1.02. The van der Waals surface area contributed by atoms with Crippen molar-refractivity contribution in [2.24, 2.45) is 0 Å². The van der Waals surface area contributed by atoms with Crippen LogP contribution in [-0.2, 0) is 29.5 Å². The van der Waals surface area contributed by atoms with Gasteiger partial charge in [0.15, 0.2) is 0 Å². The highest BCUT2D eigenvalue weighted by molar-refractivity contribution is 5.99. The van der Waals surface area contributed by atoms with Crippen molar-refractivity contribution in [2.45, 2.75) is 121 Å². The van der Waals surface area contributed by atoms with Crippen molar-refractivity contribution >= 4 is 40.7 Å². The van der Waals surface area contributed by atoms with Crippen LogP contribution in [-0.4, -0.2) is 129 Å². The largest absolute Gasteiger partial charge is 0.497 e. The first-order valence-electron chi connectivity index (χ1n) is 29.7. The van der Waals surface area contributed by atoms with Crippen LogP contribution in [0.2, 0.25) is 0 Å². The number of amides is 4. The average Bonchev–Trinajstić information content (AvgIpc) is 2.75. The van der Waals surface area contributed by atoms with Crippen molar-refractivity contribution in [2.75, 3.05) is 77.4 Å². The zero-order chi connectivity index (χ0) is 58.3. The van der Waals surface area contributed by atoms with Gasteiger partial charge in [-0.1, -0.05) is 97.4 Å². The number of piperidine rings is 2. The van der Waals surface area contributed by atoms with Crippen molar-refractivity contribution in [3.63, 3.8) is 0 Å². The molecule has 0 aliphatic carbocycles. The highest BCUT2D eigenvalue weighted by Crippen LogP contribution is 2.43. The Kier molecular flexibility index (Phi) is 20.4. The molecule has 83 heavy (non-hydrogen) atoms. The standard InChI is InChI=1S/C69H84N6O8/c1-50-45-55(46-51(2)66(50)67(79)72-43-38-68(3,39-44-72)73-41-36-58(37-42-73)75(56-21-13-8-14-22-56)57-23-15-9-16-24-57)71-64(77)35-34-63(76)70-40-18-10-17-25-65(78)74-48-62(82-6)47-59(74)49-83-69(52-19-11-7-12-20-52,53-26-30-60(80-4)31-27-53)54-28-32-61(81-5)33-29-54/h7-9,11-16,19-24,26-33,45-46,58-59,62H,10,17-18,25,34-44,47-49H2,1-6H3,(H,70,76)(H,71,77)/t59-,62+/m0/s1. The summed E-state index contributed by atoms with van der Waals surface area (Å²) >= 11 is 0. The number of nitrogens with zero attached hydrogens (tertiary/aromatic N) is 4. The number of hydrogen-bond donors (Lipinski definition) is 2. The minimum Gasteiger partial charge on any atom is -0.497 e. The minimum absolute atomic E-state index is 0.0224. The number of likely N-dealkylation sites (tertiary alicyclic amines) is 3. The Bertz CT molecular complexity index is 2960. The van der Waals surface area contributed by atoms with Crippen molar-refractivity contribution in [1.29, 1.82) is 0 Å². The molecule has 14 heteroatoms. The van der Waals surface area contributed by atoms with Gasteiger partial charge in [-0.25, -0.2) is 0 Å². The summed E-state index contributed by atoms with van der Waals surface area (Å²) in [6.45, 7) is 10.8. The average molecular weight is 1130 g/mol. The summed E-state index contributed by atoms with van der Waals surface area (Å²) in [4.78, 5) is 63.2. The van der Waals surface area contributed by atoms with Crippen molar-refractivity contribution in [3.8, 4) is 11.5 Å². The van der Waals surface area contributed by atoms with Crippen molar-refractivity contribution in [1.82, 2.24) is 20.0 Å². The molecule has 6 aromatic carbocycles. The number of unbranched alkanes of at least 4 members (excludes halogenated alkanes) is 2. The Hall–Kier alpha value is -7.52. The molecule has 0 radical (unpaired) electrons. The van der Waals surface area contributed by atoms with Crippen LogP contribution in [0.3, 0.4) is 0 Å². The predicted molar refractivity (Wildman–Crippen MR) is 328 cm³/mol. The summed E-state index contributed by atoms with van der Waals surface area (Å²) in [5.41, 5.74) is 7.14. The molecule has 0 unspecified atom stereocenters. The Balaban J connectivity index is 0.698. The predicted octanol–water partition coefficient (Wildman–Crippen LogP) is 11.6. The Morgan fingerprint density at radius 3 is 1.71 bits per heavy atom. The number of hydrogen-bond acceptors (Lipinski definition) is 10. The molecule has 3 aliphatic heterocycles. The van der Waals surface area contributed by atoms with Crippen molar-refractivity contribution in [3.05, 3.63) is 185 Å².